The molecule has 0 aliphatic carbocycles. The van der Waals surface area contributed by atoms with Crippen LogP contribution in [0.1, 0.15) is 33.6 Å². The van der Waals surface area contributed by atoms with Gasteiger partial charge in [-0.05, 0) is 30.2 Å². The Labute approximate surface area is 111 Å². The van der Waals surface area contributed by atoms with Gasteiger partial charge in [0, 0.05) is 20.1 Å². The number of hydrogen-bond acceptors (Lipinski definition) is 3. The molecule has 1 N–H and O–H groups in total. The third-order valence-electron chi connectivity index (χ3n) is 4.10. The maximum atomic E-state index is 4.29. The van der Waals surface area contributed by atoms with E-state index in [1.807, 2.05) is 19.4 Å². The van der Waals surface area contributed by atoms with E-state index in [4.69, 9.17) is 0 Å². The van der Waals surface area contributed by atoms with Crippen molar-refractivity contribution in [2.45, 2.75) is 33.6 Å². The molecule has 18 heavy (non-hydrogen) atoms. The summed E-state index contributed by atoms with van der Waals surface area (Å²) in [6, 6.07) is 2.18. The molecule has 1 fully saturated rings. The van der Waals surface area contributed by atoms with Gasteiger partial charge in [0.15, 0.2) is 0 Å². The lowest BCUT2D eigenvalue weighted by atomic mass is 9.75. The minimum absolute atomic E-state index is 0.442. The highest BCUT2D eigenvalue weighted by atomic mass is 15.1. The van der Waals surface area contributed by atoms with E-state index in [2.05, 4.69) is 42.0 Å². The molecule has 0 bridgehead atoms. The molecule has 0 aromatic carbocycles. The van der Waals surface area contributed by atoms with Gasteiger partial charge in [-0.2, -0.15) is 0 Å². The van der Waals surface area contributed by atoms with Gasteiger partial charge in [0.05, 0.1) is 23.8 Å². The summed E-state index contributed by atoms with van der Waals surface area (Å²) in [7, 11) is 1.94. The maximum absolute atomic E-state index is 4.29. The van der Waals surface area contributed by atoms with Gasteiger partial charge in [0.1, 0.15) is 0 Å². The Morgan fingerprint density at radius 3 is 2.44 bits per heavy atom. The fourth-order valence-electron chi connectivity index (χ4n) is 2.74. The van der Waals surface area contributed by atoms with E-state index in [1.54, 1.807) is 0 Å². The SMILES string of the molecule is CNc1cncc(N2CCC(C(C)(C)C)CC2)c1. The number of anilines is 2. The van der Waals surface area contributed by atoms with Crippen LogP contribution in [0.15, 0.2) is 18.5 Å². The summed E-state index contributed by atoms with van der Waals surface area (Å²) in [5.74, 6) is 0.842. The van der Waals surface area contributed by atoms with Crippen LogP contribution in [-0.4, -0.2) is 25.1 Å². The van der Waals surface area contributed by atoms with E-state index in [-0.39, 0.29) is 0 Å². The second-order valence-electron chi connectivity index (χ2n) is 6.31. The molecule has 0 saturated carbocycles. The number of hydrogen-bond donors (Lipinski definition) is 1. The lowest BCUT2D eigenvalue weighted by molar-refractivity contribution is 0.199. The van der Waals surface area contributed by atoms with Gasteiger partial charge in [-0.15, -0.1) is 0 Å². The summed E-state index contributed by atoms with van der Waals surface area (Å²) in [6.45, 7) is 9.37. The fraction of sp³-hybridized carbons (Fsp3) is 0.667. The fourth-order valence-corrected chi connectivity index (χ4v) is 2.74. The maximum Gasteiger partial charge on any atom is 0.0573 e. The highest BCUT2D eigenvalue weighted by Crippen LogP contribution is 2.35. The van der Waals surface area contributed by atoms with Crippen molar-refractivity contribution in [1.82, 2.24) is 4.98 Å². The zero-order valence-corrected chi connectivity index (χ0v) is 12.0. The third-order valence-corrected chi connectivity index (χ3v) is 4.10. The van der Waals surface area contributed by atoms with Crippen LogP contribution in [0.5, 0.6) is 0 Å². The molecule has 1 aromatic heterocycles. The van der Waals surface area contributed by atoms with Crippen LogP contribution in [0.2, 0.25) is 0 Å². The van der Waals surface area contributed by atoms with Crippen LogP contribution >= 0.6 is 0 Å². The minimum Gasteiger partial charge on any atom is -0.387 e. The van der Waals surface area contributed by atoms with Crippen molar-refractivity contribution in [2.75, 3.05) is 30.4 Å². The summed E-state index contributed by atoms with van der Waals surface area (Å²) >= 11 is 0. The van der Waals surface area contributed by atoms with Gasteiger partial charge in [-0.25, -0.2) is 0 Å². The zero-order valence-electron chi connectivity index (χ0n) is 12.0. The zero-order chi connectivity index (χ0) is 13.2. The van der Waals surface area contributed by atoms with Crippen molar-refractivity contribution in [3.05, 3.63) is 18.5 Å². The first-order valence-electron chi connectivity index (χ1n) is 6.88. The van der Waals surface area contributed by atoms with E-state index >= 15 is 0 Å². The summed E-state index contributed by atoms with van der Waals surface area (Å²) in [5, 5.41) is 3.15. The number of nitrogens with one attached hydrogen (secondary N) is 1. The topological polar surface area (TPSA) is 28.2 Å². The van der Waals surface area contributed by atoms with E-state index in [9.17, 15) is 0 Å². The van der Waals surface area contributed by atoms with E-state index in [1.165, 1.54) is 18.5 Å². The number of rotatable bonds is 2. The number of piperidine rings is 1. The van der Waals surface area contributed by atoms with Crippen molar-refractivity contribution >= 4 is 11.4 Å². The number of nitrogens with zero attached hydrogens (tertiary/aromatic N) is 2. The minimum atomic E-state index is 0.442. The molecule has 0 unspecified atom stereocenters. The van der Waals surface area contributed by atoms with Crippen LogP contribution < -0.4 is 10.2 Å². The Kier molecular flexibility index (Phi) is 3.79. The Hall–Kier alpha value is -1.25. The lowest BCUT2D eigenvalue weighted by Crippen LogP contribution is -2.38. The van der Waals surface area contributed by atoms with Gasteiger partial charge < -0.3 is 10.2 Å². The van der Waals surface area contributed by atoms with Gasteiger partial charge >= 0.3 is 0 Å². The highest BCUT2D eigenvalue weighted by molar-refractivity contribution is 5.55. The standard InChI is InChI=1S/C15H25N3/c1-15(2,3)12-5-7-18(8-6-12)14-9-13(16-4)10-17-11-14/h9-12,16H,5-8H2,1-4H3. The van der Waals surface area contributed by atoms with Crippen molar-refractivity contribution in [3.63, 3.8) is 0 Å². The first-order chi connectivity index (χ1) is 8.50. The second-order valence-corrected chi connectivity index (χ2v) is 6.31. The Bertz CT molecular complexity index is 387. The van der Waals surface area contributed by atoms with Crippen LogP contribution in [0.25, 0.3) is 0 Å². The molecule has 1 aliphatic heterocycles. The summed E-state index contributed by atoms with van der Waals surface area (Å²) in [4.78, 5) is 6.75. The molecular formula is C15H25N3. The molecule has 0 spiro atoms. The molecule has 100 valence electrons. The predicted octanol–water partition coefficient (Wildman–Crippen LogP) is 3.39. The quantitative estimate of drug-likeness (QED) is 0.868. The molecular weight excluding hydrogens is 222 g/mol. The van der Waals surface area contributed by atoms with E-state index in [0.717, 1.165) is 24.7 Å². The third kappa shape index (κ3) is 2.95. The molecule has 3 nitrogen and oxygen atoms in total. The van der Waals surface area contributed by atoms with Crippen LogP contribution in [-0.2, 0) is 0 Å². The van der Waals surface area contributed by atoms with Gasteiger partial charge in [-0.1, -0.05) is 20.8 Å². The van der Waals surface area contributed by atoms with Gasteiger partial charge in [0.2, 0.25) is 0 Å². The molecule has 2 heterocycles. The summed E-state index contributed by atoms with van der Waals surface area (Å²) in [5.41, 5.74) is 2.77. The smallest absolute Gasteiger partial charge is 0.0573 e. The summed E-state index contributed by atoms with van der Waals surface area (Å²) < 4.78 is 0. The van der Waals surface area contributed by atoms with E-state index in [0.29, 0.717) is 5.41 Å². The first kappa shape index (κ1) is 13.2. The highest BCUT2D eigenvalue weighted by Gasteiger charge is 2.28. The van der Waals surface area contributed by atoms with E-state index < -0.39 is 0 Å². The van der Waals surface area contributed by atoms with Crippen molar-refractivity contribution in [2.24, 2.45) is 11.3 Å². The molecule has 1 aromatic rings. The largest absolute Gasteiger partial charge is 0.387 e. The number of aromatic nitrogens is 1. The molecule has 2 rings (SSSR count). The molecule has 0 amide bonds. The predicted molar refractivity (Wildman–Crippen MR) is 78.2 cm³/mol. The first-order valence-corrected chi connectivity index (χ1v) is 6.88. The average Bonchev–Trinajstić information content (AvgIpc) is 2.38. The van der Waals surface area contributed by atoms with Gasteiger partial charge in [-0.3, -0.25) is 4.98 Å². The number of pyridine rings is 1. The second kappa shape index (κ2) is 5.17. The Morgan fingerprint density at radius 2 is 1.89 bits per heavy atom. The van der Waals surface area contributed by atoms with Gasteiger partial charge in [0.25, 0.3) is 0 Å². The monoisotopic (exact) mass is 247 g/mol. The van der Waals surface area contributed by atoms with Crippen LogP contribution in [0.3, 0.4) is 0 Å². The Balaban J connectivity index is 2.01. The Morgan fingerprint density at radius 1 is 1.22 bits per heavy atom. The molecule has 0 atom stereocenters. The molecule has 1 saturated heterocycles. The molecule has 3 heteroatoms. The normalized spacial score (nSPS) is 17.9. The molecule has 0 radical (unpaired) electrons. The molecule has 1 aliphatic rings. The van der Waals surface area contributed by atoms with Crippen molar-refractivity contribution in [1.29, 1.82) is 0 Å². The van der Waals surface area contributed by atoms with Crippen LogP contribution in [0, 0.1) is 11.3 Å². The summed E-state index contributed by atoms with van der Waals surface area (Å²) in [6.07, 6.45) is 6.41. The average molecular weight is 247 g/mol. The van der Waals surface area contributed by atoms with Crippen molar-refractivity contribution in [3.8, 4) is 0 Å². The lowest BCUT2D eigenvalue weighted by Gasteiger charge is -2.39. The van der Waals surface area contributed by atoms with Crippen molar-refractivity contribution < 1.29 is 0 Å². The van der Waals surface area contributed by atoms with Crippen LogP contribution in [0.4, 0.5) is 11.4 Å².